The number of benzene rings is 1. The van der Waals surface area contributed by atoms with Gasteiger partial charge in [0.1, 0.15) is 12.2 Å². The summed E-state index contributed by atoms with van der Waals surface area (Å²) in [5, 5.41) is 6.58. The second kappa shape index (κ2) is 15.0. The van der Waals surface area contributed by atoms with Gasteiger partial charge >= 0.3 is 12.1 Å². The van der Waals surface area contributed by atoms with Gasteiger partial charge < -0.3 is 24.5 Å². The molecule has 1 aliphatic carbocycles. The zero-order valence-electron chi connectivity index (χ0n) is 25.0. The Bertz CT molecular complexity index is 844. The van der Waals surface area contributed by atoms with Gasteiger partial charge in [-0.2, -0.15) is 0 Å². The summed E-state index contributed by atoms with van der Waals surface area (Å²) >= 11 is 0. The van der Waals surface area contributed by atoms with E-state index >= 15 is 0 Å². The van der Waals surface area contributed by atoms with Crippen molar-refractivity contribution in [3.05, 3.63) is 35.9 Å². The van der Waals surface area contributed by atoms with Crippen LogP contribution in [-0.4, -0.2) is 51.9 Å². The van der Waals surface area contributed by atoms with Crippen molar-refractivity contribution in [3.8, 4) is 0 Å². The molecule has 1 unspecified atom stereocenters. The van der Waals surface area contributed by atoms with Crippen LogP contribution >= 0.6 is 0 Å². The zero-order chi connectivity index (χ0) is 28.3. The molecule has 0 spiro atoms. The lowest BCUT2D eigenvalue weighted by Crippen LogP contribution is -2.58. The van der Waals surface area contributed by atoms with Gasteiger partial charge in [0.2, 0.25) is 0 Å². The number of rotatable bonds is 12. The lowest BCUT2D eigenvalue weighted by molar-refractivity contribution is -0.143. The van der Waals surface area contributed by atoms with Crippen molar-refractivity contribution < 1.29 is 23.5 Å². The van der Waals surface area contributed by atoms with Crippen molar-refractivity contribution in [2.75, 3.05) is 13.1 Å². The number of nitrogens with one attached hydrogen (secondary N) is 2. The molecule has 216 valence electrons. The monoisotopic (exact) mass is 548 g/mol. The average molecular weight is 549 g/mol. The van der Waals surface area contributed by atoms with E-state index in [0.717, 1.165) is 18.4 Å². The summed E-state index contributed by atoms with van der Waals surface area (Å²) in [5.74, 6) is 0.0868. The highest BCUT2D eigenvalue weighted by molar-refractivity contribution is 6.48. The summed E-state index contributed by atoms with van der Waals surface area (Å²) in [6.07, 6.45) is 5.33. The molecule has 2 N–H and O–H groups in total. The van der Waals surface area contributed by atoms with Crippen LogP contribution in [0.25, 0.3) is 0 Å². The number of ether oxygens (including phenoxy) is 2. The smallest absolute Gasteiger partial charge is 0.407 e. The first-order valence-corrected chi connectivity index (χ1v) is 17.1. The lowest BCUT2D eigenvalue weighted by atomic mass is 9.71. The van der Waals surface area contributed by atoms with Crippen molar-refractivity contribution in [2.24, 2.45) is 17.3 Å². The van der Waals surface area contributed by atoms with E-state index in [9.17, 15) is 9.59 Å². The predicted molar refractivity (Wildman–Crippen MR) is 156 cm³/mol. The van der Waals surface area contributed by atoms with E-state index in [0.29, 0.717) is 12.5 Å². The van der Waals surface area contributed by atoms with E-state index in [1.807, 2.05) is 51.1 Å². The Morgan fingerprint density at radius 1 is 1.00 bits per heavy atom. The molecular weight excluding hydrogens is 496 g/mol. The van der Waals surface area contributed by atoms with Crippen LogP contribution in [0.1, 0.15) is 79.2 Å². The Hall–Kier alpha value is -1.90. The topological polar surface area (TPSA) is 85.9 Å². The quantitative estimate of drug-likeness (QED) is 0.253. The van der Waals surface area contributed by atoms with Crippen LogP contribution in [0.3, 0.4) is 0 Å². The Kier molecular flexibility index (Phi) is 12.8. The highest BCUT2D eigenvalue weighted by atomic mass is 28.3. The second-order valence-electron chi connectivity index (χ2n) is 13.0. The van der Waals surface area contributed by atoms with Crippen LogP contribution < -0.4 is 10.6 Å². The number of hydrogen-bond acceptors (Lipinski definition) is 6. The van der Waals surface area contributed by atoms with Crippen LogP contribution in [0.15, 0.2) is 30.3 Å². The minimum atomic E-state index is -1.41. The molecule has 1 saturated carbocycles. The molecule has 1 amide bonds. The maximum Gasteiger partial charge on any atom is 0.407 e. The van der Waals surface area contributed by atoms with Gasteiger partial charge in [0.25, 0.3) is 0 Å². The first-order valence-electron chi connectivity index (χ1n) is 14.3. The molecule has 8 heteroatoms. The third-order valence-electron chi connectivity index (χ3n) is 7.00. The normalized spacial score (nSPS) is 17.5. The molecule has 2 rings (SSSR count). The van der Waals surface area contributed by atoms with E-state index in [2.05, 4.69) is 44.5 Å². The second-order valence-corrected chi connectivity index (χ2v) is 15.3. The summed E-state index contributed by atoms with van der Waals surface area (Å²) in [6, 6.07) is 9.42. The van der Waals surface area contributed by atoms with E-state index in [1.165, 1.54) is 19.3 Å². The molecular formula is C30H52N2O5Si. The Morgan fingerprint density at radius 3 is 2.18 bits per heavy atom. The number of hydrogen-bond donors (Lipinski definition) is 2. The van der Waals surface area contributed by atoms with Crippen molar-refractivity contribution >= 4 is 21.1 Å². The summed E-state index contributed by atoms with van der Waals surface area (Å²) in [4.78, 5) is 25.6. The average Bonchev–Trinajstić information content (AvgIpc) is 2.82. The van der Waals surface area contributed by atoms with E-state index in [4.69, 9.17) is 13.9 Å². The van der Waals surface area contributed by atoms with Crippen molar-refractivity contribution in [1.29, 1.82) is 0 Å². The van der Waals surface area contributed by atoms with E-state index in [1.54, 1.807) is 0 Å². The van der Waals surface area contributed by atoms with Crippen LogP contribution in [0, 0.1) is 17.3 Å². The molecule has 1 aromatic rings. The van der Waals surface area contributed by atoms with Gasteiger partial charge in [-0.25, -0.2) is 4.79 Å². The number of esters is 1. The Labute approximate surface area is 232 Å². The van der Waals surface area contributed by atoms with Gasteiger partial charge in [-0.15, -0.1) is 0 Å². The molecule has 1 fully saturated rings. The van der Waals surface area contributed by atoms with Gasteiger partial charge in [-0.1, -0.05) is 70.4 Å². The van der Waals surface area contributed by atoms with E-state index < -0.39 is 20.7 Å². The molecule has 0 aromatic heterocycles. The van der Waals surface area contributed by atoms with Crippen LogP contribution in [-0.2, 0) is 25.3 Å². The Balaban J connectivity index is 2.20. The number of carbonyl (C=O) groups is 2. The van der Waals surface area contributed by atoms with Crippen LogP contribution in [0.5, 0.6) is 0 Å². The number of alkyl carbamates (subject to hydrolysis) is 1. The SMILES string of the molecule is C[SiH](C)OC(C1CCCCC1)[C@@H](NC(=O)OC(C)(C)C)[C@@H](CNCC(=O)OCc1ccccc1)C(C)(C)C. The molecule has 0 aliphatic heterocycles. The maximum atomic E-state index is 13.1. The van der Waals surface area contributed by atoms with Crippen LogP contribution in [0.4, 0.5) is 4.79 Å². The third-order valence-corrected chi connectivity index (χ3v) is 7.86. The summed E-state index contributed by atoms with van der Waals surface area (Å²) in [6.45, 7) is 17.4. The van der Waals surface area contributed by atoms with Crippen molar-refractivity contribution in [3.63, 3.8) is 0 Å². The number of amides is 1. The number of carbonyl (C=O) groups excluding carboxylic acids is 2. The van der Waals surface area contributed by atoms with Gasteiger partial charge in [0.15, 0.2) is 9.04 Å². The molecule has 0 heterocycles. The Morgan fingerprint density at radius 2 is 1.63 bits per heavy atom. The minimum absolute atomic E-state index is 0.00313. The molecule has 0 bridgehead atoms. The largest absolute Gasteiger partial charge is 0.460 e. The van der Waals surface area contributed by atoms with Gasteiger partial charge in [-0.05, 0) is 69.5 Å². The molecule has 1 aromatic carbocycles. The fourth-order valence-electron chi connectivity index (χ4n) is 5.21. The van der Waals surface area contributed by atoms with Gasteiger partial charge in [0, 0.05) is 6.54 Å². The summed E-state index contributed by atoms with van der Waals surface area (Å²) < 4.78 is 17.9. The molecule has 0 saturated heterocycles. The highest BCUT2D eigenvalue weighted by Crippen LogP contribution is 2.37. The van der Waals surface area contributed by atoms with Crippen molar-refractivity contribution in [1.82, 2.24) is 10.6 Å². The summed E-state index contributed by atoms with van der Waals surface area (Å²) in [5.41, 5.74) is 0.191. The van der Waals surface area contributed by atoms with Crippen molar-refractivity contribution in [2.45, 2.75) is 111 Å². The zero-order valence-corrected chi connectivity index (χ0v) is 26.1. The maximum absolute atomic E-state index is 13.1. The first kappa shape index (κ1) is 32.3. The molecule has 0 radical (unpaired) electrons. The molecule has 38 heavy (non-hydrogen) atoms. The standard InChI is InChI=1S/C30H52N2O5Si/c1-29(2,3)24(19-31-20-25(33)35-21-22-15-11-9-12-16-22)26(32-28(34)36-30(4,5)6)27(37-38(7)8)23-17-13-10-14-18-23/h9,11-12,15-16,23-24,26-27,31,38H,10,13-14,17-21H2,1-8H3,(H,32,34)/t24-,26+,27?/m1/s1. The molecule has 7 nitrogen and oxygen atoms in total. The third kappa shape index (κ3) is 11.9. The first-order chi connectivity index (χ1) is 17.8. The summed E-state index contributed by atoms with van der Waals surface area (Å²) in [7, 11) is -1.41. The lowest BCUT2D eigenvalue weighted by Gasteiger charge is -2.45. The molecule has 3 atom stereocenters. The highest BCUT2D eigenvalue weighted by Gasteiger charge is 2.42. The molecule has 1 aliphatic rings. The van der Waals surface area contributed by atoms with Gasteiger partial charge in [-0.3, -0.25) is 4.79 Å². The van der Waals surface area contributed by atoms with Crippen LogP contribution in [0.2, 0.25) is 13.1 Å². The fourth-order valence-corrected chi connectivity index (χ4v) is 6.23. The van der Waals surface area contributed by atoms with Gasteiger partial charge in [0.05, 0.1) is 18.7 Å². The van der Waals surface area contributed by atoms with E-state index in [-0.39, 0.29) is 42.6 Å². The minimum Gasteiger partial charge on any atom is -0.460 e. The predicted octanol–water partition coefficient (Wildman–Crippen LogP) is 5.82. The fraction of sp³-hybridized carbons (Fsp3) is 0.733.